The molecule has 0 bridgehead atoms. The molecule has 0 saturated heterocycles. The van der Waals surface area contributed by atoms with Crippen LogP contribution < -0.4 is 14.8 Å². The van der Waals surface area contributed by atoms with Gasteiger partial charge in [0.15, 0.2) is 16.6 Å². The van der Waals surface area contributed by atoms with Crippen LogP contribution in [0, 0.1) is 6.92 Å². The molecule has 0 aliphatic heterocycles. The summed E-state index contributed by atoms with van der Waals surface area (Å²) in [6, 6.07) is 4.27. The summed E-state index contributed by atoms with van der Waals surface area (Å²) in [4.78, 5) is 28.3. The molecule has 2 aromatic rings. The fourth-order valence-electron chi connectivity index (χ4n) is 2.14. The molecule has 7 nitrogen and oxygen atoms in total. The Kier molecular flexibility index (Phi) is 7.44. The molecule has 0 unspecified atom stereocenters. The summed E-state index contributed by atoms with van der Waals surface area (Å²) in [5.74, 6) is -0.968. The molecular weight excluding hydrogens is 394 g/mol. The fraction of sp³-hybridized carbons (Fsp3) is 0.278. The Morgan fingerprint density at radius 2 is 2.07 bits per heavy atom. The van der Waals surface area contributed by atoms with Crippen LogP contribution in [0.4, 0.5) is 13.9 Å². The number of aromatic nitrogens is 1. The second-order valence-electron chi connectivity index (χ2n) is 5.27. The second kappa shape index (κ2) is 9.79. The molecule has 1 aromatic carbocycles. The number of rotatable bonds is 8. The minimum absolute atomic E-state index is 0.108. The third-order valence-electron chi connectivity index (χ3n) is 3.32. The number of nitrogens with one attached hydrogen (secondary N) is 1. The van der Waals surface area contributed by atoms with Gasteiger partial charge in [0.2, 0.25) is 5.91 Å². The fourth-order valence-corrected chi connectivity index (χ4v) is 3.00. The Hall–Kier alpha value is -3.01. The van der Waals surface area contributed by atoms with E-state index in [0.717, 1.165) is 11.3 Å². The number of esters is 1. The monoisotopic (exact) mass is 412 g/mol. The third-order valence-corrected chi connectivity index (χ3v) is 4.37. The number of aryl methyl sites for hydroxylation is 1. The second-order valence-corrected chi connectivity index (χ2v) is 6.26. The van der Waals surface area contributed by atoms with Gasteiger partial charge < -0.3 is 14.2 Å². The van der Waals surface area contributed by atoms with Gasteiger partial charge in [0.05, 0.1) is 19.4 Å². The van der Waals surface area contributed by atoms with E-state index >= 15 is 0 Å². The van der Waals surface area contributed by atoms with Gasteiger partial charge in [0, 0.05) is 6.08 Å². The largest absolute Gasteiger partial charge is 0.493 e. The Morgan fingerprint density at radius 1 is 1.32 bits per heavy atom. The van der Waals surface area contributed by atoms with Gasteiger partial charge in [-0.1, -0.05) is 17.4 Å². The van der Waals surface area contributed by atoms with Crippen molar-refractivity contribution in [1.29, 1.82) is 0 Å². The minimum atomic E-state index is -2.97. The van der Waals surface area contributed by atoms with E-state index in [1.165, 1.54) is 37.5 Å². The first-order valence-corrected chi connectivity index (χ1v) is 8.92. The van der Waals surface area contributed by atoms with Crippen molar-refractivity contribution in [3.8, 4) is 11.5 Å². The quantitative estimate of drug-likeness (QED) is 0.523. The van der Waals surface area contributed by atoms with Gasteiger partial charge in [0.1, 0.15) is 4.88 Å². The summed E-state index contributed by atoms with van der Waals surface area (Å²) >= 11 is 1.01. The van der Waals surface area contributed by atoms with Gasteiger partial charge in [-0.3, -0.25) is 10.1 Å². The minimum Gasteiger partial charge on any atom is -0.493 e. The highest BCUT2D eigenvalue weighted by atomic mass is 32.1. The smallest absolute Gasteiger partial charge is 0.387 e. The van der Waals surface area contributed by atoms with Gasteiger partial charge in [-0.25, -0.2) is 9.78 Å². The Balaban J connectivity index is 2.06. The van der Waals surface area contributed by atoms with E-state index in [1.807, 2.05) is 0 Å². The number of anilines is 1. The molecule has 1 amide bonds. The van der Waals surface area contributed by atoms with Crippen LogP contribution in [0.5, 0.6) is 11.5 Å². The molecule has 28 heavy (non-hydrogen) atoms. The van der Waals surface area contributed by atoms with E-state index in [2.05, 4.69) is 15.0 Å². The average molecular weight is 412 g/mol. The maximum atomic E-state index is 12.3. The highest BCUT2D eigenvalue weighted by molar-refractivity contribution is 7.17. The van der Waals surface area contributed by atoms with Crippen LogP contribution in [0.25, 0.3) is 6.08 Å². The predicted molar refractivity (Wildman–Crippen MR) is 100 cm³/mol. The van der Waals surface area contributed by atoms with E-state index in [-0.39, 0.29) is 23.2 Å². The van der Waals surface area contributed by atoms with Gasteiger partial charge in [-0.2, -0.15) is 8.78 Å². The SMILES string of the molecule is CCOC(=O)c1sc(NC(=O)C=Cc2ccc(OC(F)F)c(OC)c2)nc1C. The normalized spacial score (nSPS) is 10.9. The van der Waals surface area contributed by atoms with Crippen LogP contribution in [0.15, 0.2) is 24.3 Å². The first-order chi connectivity index (χ1) is 13.3. The number of amides is 1. The lowest BCUT2D eigenvalue weighted by molar-refractivity contribution is -0.111. The number of methoxy groups -OCH3 is 1. The van der Waals surface area contributed by atoms with E-state index in [0.29, 0.717) is 16.1 Å². The lowest BCUT2D eigenvalue weighted by Gasteiger charge is -2.10. The molecule has 0 saturated carbocycles. The van der Waals surface area contributed by atoms with Crippen LogP contribution in [-0.4, -0.2) is 37.2 Å². The van der Waals surface area contributed by atoms with Crippen molar-refractivity contribution < 1.29 is 32.6 Å². The molecule has 1 aromatic heterocycles. The zero-order valence-corrected chi connectivity index (χ0v) is 16.1. The number of benzene rings is 1. The summed E-state index contributed by atoms with van der Waals surface area (Å²) in [5.41, 5.74) is 0.998. The third kappa shape index (κ3) is 5.74. The summed E-state index contributed by atoms with van der Waals surface area (Å²) in [5, 5.41) is 2.81. The Labute approximate surface area is 163 Å². The van der Waals surface area contributed by atoms with E-state index in [4.69, 9.17) is 9.47 Å². The lowest BCUT2D eigenvalue weighted by atomic mass is 10.2. The number of carbonyl (C=O) groups excluding carboxylic acids is 2. The molecule has 0 aliphatic rings. The van der Waals surface area contributed by atoms with Gasteiger partial charge in [-0.05, 0) is 37.6 Å². The van der Waals surface area contributed by atoms with Crippen LogP contribution in [0.1, 0.15) is 27.9 Å². The number of carbonyl (C=O) groups is 2. The number of alkyl halides is 2. The summed E-state index contributed by atoms with van der Waals surface area (Å²) in [6.07, 6.45) is 2.71. The van der Waals surface area contributed by atoms with E-state index < -0.39 is 18.5 Å². The van der Waals surface area contributed by atoms with Crippen LogP contribution in [0.3, 0.4) is 0 Å². The van der Waals surface area contributed by atoms with Crippen molar-refractivity contribution >= 4 is 34.4 Å². The summed E-state index contributed by atoms with van der Waals surface area (Å²) < 4.78 is 39.0. The molecule has 10 heteroatoms. The molecule has 0 fully saturated rings. The first-order valence-electron chi connectivity index (χ1n) is 8.10. The molecule has 2 rings (SSSR count). The van der Waals surface area contributed by atoms with Crippen LogP contribution in [-0.2, 0) is 9.53 Å². The van der Waals surface area contributed by atoms with Crippen molar-refractivity contribution in [3.63, 3.8) is 0 Å². The zero-order chi connectivity index (χ0) is 20.7. The highest BCUT2D eigenvalue weighted by Crippen LogP contribution is 2.30. The standard InChI is InChI=1S/C18H18F2N2O5S/c1-4-26-16(24)15-10(2)21-18(28-15)22-14(23)8-6-11-5-7-12(27-17(19)20)13(9-11)25-3/h5-9,17H,4H2,1-3H3,(H,21,22,23). The molecule has 0 radical (unpaired) electrons. The number of nitrogens with zero attached hydrogens (tertiary/aromatic N) is 1. The highest BCUT2D eigenvalue weighted by Gasteiger charge is 2.17. The predicted octanol–water partition coefficient (Wildman–Crippen LogP) is 3.89. The van der Waals surface area contributed by atoms with Crippen molar-refractivity contribution in [3.05, 3.63) is 40.4 Å². The zero-order valence-electron chi connectivity index (χ0n) is 15.3. The van der Waals surface area contributed by atoms with Gasteiger partial charge in [0.25, 0.3) is 0 Å². The number of hydrogen-bond donors (Lipinski definition) is 1. The van der Waals surface area contributed by atoms with Gasteiger partial charge >= 0.3 is 12.6 Å². The summed E-state index contributed by atoms with van der Waals surface area (Å²) in [7, 11) is 1.32. The van der Waals surface area contributed by atoms with E-state index in [1.54, 1.807) is 13.8 Å². The van der Waals surface area contributed by atoms with Gasteiger partial charge in [-0.15, -0.1) is 0 Å². The molecule has 1 heterocycles. The Morgan fingerprint density at radius 3 is 2.71 bits per heavy atom. The number of halogens is 2. The maximum Gasteiger partial charge on any atom is 0.387 e. The number of hydrogen-bond acceptors (Lipinski definition) is 7. The Bertz CT molecular complexity index is 883. The lowest BCUT2D eigenvalue weighted by Crippen LogP contribution is -2.07. The average Bonchev–Trinajstić information content (AvgIpc) is 3.00. The van der Waals surface area contributed by atoms with Crippen molar-refractivity contribution in [2.75, 3.05) is 19.0 Å². The molecule has 0 spiro atoms. The first kappa shape index (κ1) is 21.3. The maximum absolute atomic E-state index is 12.3. The molecular formula is C18H18F2N2O5S. The van der Waals surface area contributed by atoms with Crippen molar-refractivity contribution in [2.24, 2.45) is 0 Å². The number of thiazole rings is 1. The topological polar surface area (TPSA) is 86.8 Å². The summed E-state index contributed by atoms with van der Waals surface area (Å²) in [6.45, 7) is 0.611. The van der Waals surface area contributed by atoms with E-state index in [9.17, 15) is 18.4 Å². The molecule has 0 aliphatic carbocycles. The van der Waals surface area contributed by atoms with Crippen molar-refractivity contribution in [2.45, 2.75) is 20.5 Å². The van der Waals surface area contributed by atoms with Crippen molar-refractivity contribution in [1.82, 2.24) is 4.98 Å². The molecule has 150 valence electrons. The van der Waals surface area contributed by atoms with Crippen LogP contribution in [0.2, 0.25) is 0 Å². The molecule has 1 N–H and O–H groups in total. The molecule has 0 atom stereocenters. The number of ether oxygens (including phenoxy) is 3. The van der Waals surface area contributed by atoms with Crippen LogP contribution >= 0.6 is 11.3 Å².